The van der Waals surface area contributed by atoms with E-state index in [1.807, 2.05) is 6.07 Å². The van der Waals surface area contributed by atoms with Gasteiger partial charge < -0.3 is 10.6 Å². The first-order valence-electron chi connectivity index (χ1n) is 7.18. The molecule has 110 valence electrons. The maximum atomic E-state index is 10.7. The third kappa shape index (κ3) is 2.67. The van der Waals surface area contributed by atoms with Gasteiger partial charge >= 0.3 is 0 Å². The van der Waals surface area contributed by atoms with Crippen LogP contribution >= 0.6 is 0 Å². The largest absolute Gasteiger partial charge is 0.366 e. The van der Waals surface area contributed by atoms with Crippen LogP contribution in [0.3, 0.4) is 0 Å². The molecule has 0 bridgehead atoms. The molecule has 1 aliphatic carbocycles. The third-order valence-electron chi connectivity index (χ3n) is 4.49. The van der Waals surface area contributed by atoms with Crippen molar-refractivity contribution >= 4 is 11.5 Å². The van der Waals surface area contributed by atoms with Crippen LogP contribution in [0.4, 0.5) is 11.5 Å². The van der Waals surface area contributed by atoms with Crippen LogP contribution in [0.25, 0.3) is 0 Å². The van der Waals surface area contributed by atoms with Crippen molar-refractivity contribution in [2.75, 3.05) is 11.9 Å². The highest BCUT2D eigenvalue weighted by atomic mass is 16.6. The van der Waals surface area contributed by atoms with Gasteiger partial charge in [-0.25, -0.2) is 4.98 Å². The fraction of sp³-hybridized carbons (Fsp3) is 0.571. The van der Waals surface area contributed by atoms with Gasteiger partial charge in [0.25, 0.3) is 5.69 Å². The van der Waals surface area contributed by atoms with Crippen molar-refractivity contribution in [3.05, 3.63) is 27.9 Å². The maximum Gasteiger partial charge on any atom is 0.289 e. The molecule has 1 aliphatic heterocycles. The molecule has 1 aromatic heterocycles. The summed E-state index contributed by atoms with van der Waals surface area (Å²) >= 11 is 0. The molecular weight excluding hydrogens is 270 g/mol. The Balaban J connectivity index is 1.75. The van der Waals surface area contributed by atoms with Crippen molar-refractivity contribution in [2.45, 2.75) is 43.7 Å². The molecule has 3 rings (SSSR count). The number of aromatic nitrogens is 1. The van der Waals surface area contributed by atoms with Crippen LogP contribution in [0.5, 0.6) is 0 Å². The van der Waals surface area contributed by atoms with Gasteiger partial charge in [0.2, 0.25) is 0 Å². The Morgan fingerprint density at radius 3 is 3.00 bits per heavy atom. The fourth-order valence-corrected chi connectivity index (χ4v) is 3.21. The molecule has 2 N–H and O–H groups in total. The molecule has 1 atom stereocenters. The van der Waals surface area contributed by atoms with E-state index in [0.29, 0.717) is 5.82 Å². The van der Waals surface area contributed by atoms with Crippen LogP contribution in [-0.2, 0) is 0 Å². The summed E-state index contributed by atoms with van der Waals surface area (Å²) in [4.78, 5) is 14.3. The second-order valence-corrected chi connectivity index (χ2v) is 5.85. The summed E-state index contributed by atoms with van der Waals surface area (Å²) in [5.41, 5.74) is 0.326. The highest BCUT2D eigenvalue weighted by Gasteiger charge is 2.41. The van der Waals surface area contributed by atoms with Gasteiger partial charge in [0.05, 0.1) is 4.92 Å². The lowest BCUT2D eigenvalue weighted by atomic mass is 9.70. The number of hydrogen-bond donors (Lipinski definition) is 2. The zero-order valence-electron chi connectivity index (χ0n) is 11.6. The summed E-state index contributed by atoms with van der Waals surface area (Å²) in [7, 11) is 0. The van der Waals surface area contributed by atoms with Crippen molar-refractivity contribution < 1.29 is 4.92 Å². The van der Waals surface area contributed by atoms with Gasteiger partial charge in [-0.3, -0.25) is 10.1 Å². The van der Waals surface area contributed by atoms with Crippen molar-refractivity contribution in [3.8, 4) is 6.07 Å². The first kappa shape index (κ1) is 13.8. The van der Waals surface area contributed by atoms with Crippen molar-refractivity contribution in [3.63, 3.8) is 0 Å². The SMILES string of the molecule is N#Cc1cc([N+](=O)[O-])cnc1NC1CCNC2(CCC2)C1. The van der Waals surface area contributed by atoms with Crippen LogP contribution in [-0.4, -0.2) is 28.0 Å². The lowest BCUT2D eigenvalue weighted by molar-refractivity contribution is -0.385. The first-order valence-corrected chi connectivity index (χ1v) is 7.18. The van der Waals surface area contributed by atoms with Gasteiger partial charge in [-0.2, -0.15) is 5.26 Å². The van der Waals surface area contributed by atoms with Gasteiger partial charge in [-0.15, -0.1) is 0 Å². The fourth-order valence-electron chi connectivity index (χ4n) is 3.21. The minimum absolute atomic E-state index is 0.155. The zero-order chi connectivity index (χ0) is 14.9. The molecule has 7 nitrogen and oxygen atoms in total. The number of hydrogen-bond acceptors (Lipinski definition) is 6. The third-order valence-corrected chi connectivity index (χ3v) is 4.49. The summed E-state index contributed by atoms with van der Waals surface area (Å²) < 4.78 is 0. The van der Waals surface area contributed by atoms with Gasteiger partial charge in [0.15, 0.2) is 0 Å². The van der Waals surface area contributed by atoms with Crippen LogP contribution in [0.1, 0.15) is 37.7 Å². The summed E-state index contributed by atoms with van der Waals surface area (Å²) in [5.74, 6) is 0.449. The molecule has 0 radical (unpaired) electrons. The average Bonchev–Trinajstić information content (AvgIpc) is 2.46. The summed E-state index contributed by atoms with van der Waals surface area (Å²) in [6.45, 7) is 0.951. The van der Waals surface area contributed by atoms with Crippen molar-refractivity contribution in [2.24, 2.45) is 0 Å². The van der Waals surface area contributed by atoms with Crippen LogP contribution < -0.4 is 10.6 Å². The molecule has 1 saturated heterocycles. The molecule has 1 unspecified atom stereocenters. The van der Waals surface area contributed by atoms with Gasteiger partial charge in [-0.1, -0.05) is 0 Å². The minimum Gasteiger partial charge on any atom is -0.366 e. The summed E-state index contributed by atoms with van der Waals surface area (Å²) in [6, 6.07) is 3.51. The number of nitro groups is 1. The Kier molecular flexibility index (Phi) is 3.47. The number of nitrogens with zero attached hydrogens (tertiary/aromatic N) is 3. The lowest BCUT2D eigenvalue weighted by Gasteiger charge is -2.48. The van der Waals surface area contributed by atoms with E-state index >= 15 is 0 Å². The predicted octanol–water partition coefficient (Wildman–Crippen LogP) is 1.95. The van der Waals surface area contributed by atoms with Crippen molar-refractivity contribution in [1.82, 2.24) is 10.3 Å². The average molecular weight is 287 g/mol. The van der Waals surface area contributed by atoms with Crippen LogP contribution in [0.15, 0.2) is 12.3 Å². The molecule has 1 saturated carbocycles. The number of anilines is 1. The van der Waals surface area contributed by atoms with E-state index in [4.69, 9.17) is 5.26 Å². The van der Waals surface area contributed by atoms with Crippen LogP contribution in [0.2, 0.25) is 0 Å². The number of piperidine rings is 1. The molecule has 7 heteroatoms. The van der Waals surface area contributed by atoms with Gasteiger partial charge in [-0.05, 0) is 38.6 Å². The van der Waals surface area contributed by atoms with E-state index in [1.165, 1.54) is 31.5 Å². The highest BCUT2D eigenvalue weighted by Crippen LogP contribution is 2.39. The Labute approximate surface area is 122 Å². The van der Waals surface area contributed by atoms with E-state index in [9.17, 15) is 10.1 Å². The summed E-state index contributed by atoms with van der Waals surface area (Å²) in [5, 5.41) is 26.8. The Morgan fingerprint density at radius 1 is 1.57 bits per heavy atom. The molecule has 0 amide bonds. The predicted molar refractivity (Wildman–Crippen MR) is 76.8 cm³/mol. The standard InChI is InChI=1S/C14H17N5O2/c15-8-10-6-12(19(20)21)9-16-13(10)18-11-2-5-17-14(7-11)3-1-4-14/h6,9,11,17H,1-5,7H2,(H,16,18). The minimum atomic E-state index is -0.536. The van der Waals surface area contributed by atoms with E-state index < -0.39 is 4.92 Å². The summed E-state index contributed by atoms with van der Waals surface area (Å²) in [6.07, 6.45) is 6.83. The smallest absolute Gasteiger partial charge is 0.289 e. The molecule has 2 fully saturated rings. The number of rotatable bonds is 3. The molecule has 2 heterocycles. The molecule has 2 aliphatic rings. The topological polar surface area (TPSA) is 104 Å². The molecule has 1 spiro atoms. The molecule has 1 aromatic rings. The van der Waals surface area contributed by atoms with Gasteiger partial charge in [0, 0.05) is 17.6 Å². The number of pyridine rings is 1. The Bertz CT molecular complexity index is 606. The lowest BCUT2D eigenvalue weighted by Crippen LogP contribution is -2.58. The maximum absolute atomic E-state index is 10.7. The second kappa shape index (κ2) is 5.30. The monoisotopic (exact) mass is 287 g/mol. The van der Waals surface area contributed by atoms with Crippen LogP contribution in [0, 0.1) is 21.4 Å². The number of nitrogens with one attached hydrogen (secondary N) is 2. The van der Waals surface area contributed by atoms with Gasteiger partial charge in [0.1, 0.15) is 23.6 Å². The van der Waals surface area contributed by atoms with E-state index in [2.05, 4.69) is 15.6 Å². The van der Waals surface area contributed by atoms with E-state index in [0.717, 1.165) is 19.4 Å². The Hall–Kier alpha value is -2.20. The van der Waals surface area contributed by atoms with E-state index in [1.54, 1.807) is 0 Å². The highest BCUT2D eigenvalue weighted by molar-refractivity contribution is 5.56. The molecule has 0 aromatic carbocycles. The first-order chi connectivity index (χ1) is 10.1. The number of nitriles is 1. The quantitative estimate of drug-likeness (QED) is 0.650. The van der Waals surface area contributed by atoms with Crippen molar-refractivity contribution in [1.29, 1.82) is 5.26 Å². The normalized spacial score (nSPS) is 23.1. The molecule has 21 heavy (non-hydrogen) atoms. The second-order valence-electron chi connectivity index (χ2n) is 5.85. The zero-order valence-corrected chi connectivity index (χ0v) is 11.6. The van der Waals surface area contributed by atoms with E-state index in [-0.39, 0.29) is 22.8 Å². The Morgan fingerprint density at radius 2 is 2.38 bits per heavy atom. The molecular formula is C14H17N5O2.